The first kappa shape index (κ1) is 50.4. The van der Waals surface area contributed by atoms with Gasteiger partial charge in [-0.15, -0.1) is 0 Å². The van der Waals surface area contributed by atoms with Crippen LogP contribution in [0.4, 0.5) is 0 Å². The third kappa shape index (κ3) is 27.9. The van der Waals surface area contributed by atoms with Gasteiger partial charge in [0.15, 0.2) is 6.29 Å². The first-order valence-electron chi connectivity index (χ1n) is 22.1. The van der Waals surface area contributed by atoms with E-state index in [0.29, 0.717) is 13.0 Å². The summed E-state index contributed by atoms with van der Waals surface area (Å²) in [5.41, 5.74) is 0. The largest absolute Gasteiger partial charge is 0.457 e. The van der Waals surface area contributed by atoms with Crippen molar-refractivity contribution in [2.75, 3.05) is 26.4 Å². The highest BCUT2D eigenvalue weighted by Gasteiger charge is 2.44. The molecule has 9 nitrogen and oxygen atoms in total. The highest BCUT2D eigenvalue weighted by atomic mass is 16.7. The summed E-state index contributed by atoms with van der Waals surface area (Å²) in [4.78, 5) is 12.7. The number of carbonyl (C=O) groups excluding carboxylic acids is 1. The van der Waals surface area contributed by atoms with Crippen molar-refractivity contribution in [3.05, 3.63) is 36.5 Å². The molecule has 1 aliphatic heterocycles. The van der Waals surface area contributed by atoms with Crippen molar-refractivity contribution in [2.45, 2.75) is 218 Å². The molecule has 6 unspecified atom stereocenters. The first-order valence-corrected chi connectivity index (χ1v) is 22.1. The zero-order valence-corrected chi connectivity index (χ0v) is 34.5. The van der Waals surface area contributed by atoms with E-state index in [1.807, 2.05) is 0 Å². The van der Waals surface area contributed by atoms with Gasteiger partial charge in [0.1, 0.15) is 30.5 Å². The van der Waals surface area contributed by atoms with E-state index in [1.54, 1.807) is 0 Å². The standard InChI is InChI=1S/C45H82O9/c1-3-5-7-9-11-13-15-16-17-18-19-20-21-22-23-25-27-29-31-33-35-51-37-39(38-52-45-44(50)43(49)42(48)40(36-46)54-45)53-41(47)34-32-30-28-26-24-14-12-10-8-6-4-2/h10-13,16-17,39-40,42-46,48-50H,3-9,14-15,18-38H2,1-2H3/b12-10-,13-11-,17-16-. The molecule has 1 saturated heterocycles. The molecule has 0 aromatic rings. The highest BCUT2D eigenvalue weighted by molar-refractivity contribution is 5.69. The molecule has 4 N–H and O–H groups in total. The summed E-state index contributed by atoms with van der Waals surface area (Å²) in [6.07, 6.45) is 36.0. The van der Waals surface area contributed by atoms with Crippen molar-refractivity contribution >= 4 is 5.97 Å². The fraction of sp³-hybridized carbons (Fsp3) is 0.844. The van der Waals surface area contributed by atoms with Crippen LogP contribution in [0.3, 0.4) is 0 Å². The van der Waals surface area contributed by atoms with Crippen molar-refractivity contribution < 1.29 is 44.2 Å². The van der Waals surface area contributed by atoms with E-state index in [9.17, 15) is 25.2 Å². The maximum absolute atomic E-state index is 12.7. The van der Waals surface area contributed by atoms with Crippen LogP contribution >= 0.6 is 0 Å². The zero-order chi connectivity index (χ0) is 39.3. The molecule has 1 heterocycles. The SMILES string of the molecule is CCCC/C=C\CCCCCCCC(=O)OC(COCCCCCCCCCCCC/C=C\C/C=C\CCCCC)COC1OC(CO)C(O)C(O)C1O. The van der Waals surface area contributed by atoms with Crippen LogP contribution in [0.15, 0.2) is 36.5 Å². The van der Waals surface area contributed by atoms with Crippen molar-refractivity contribution in [2.24, 2.45) is 0 Å². The second-order valence-corrected chi connectivity index (χ2v) is 15.1. The molecule has 316 valence electrons. The Hall–Kier alpha value is -1.59. The van der Waals surface area contributed by atoms with Gasteiger partial charge in [0.2, 0.25) is 0 Å². The summed E-state index contributed by atoms with van der Waals surface area (Å²) in [6, 6.07) is 0. The number of carbonyl (C=O) groups is 1. The molecule has 0 aromatic heterocycles. The van der Waals surface area contributed by atoms with Gasteiger partial charge in [-0.2, -0.15) is 0 Å². The van der Waals surface area contributed by atoms with Crippen molar-refractivity contribution in [3.8, 4) is 0 Å². The lowest BCUT2D eigenvalue weighted by atomic mass is 9.99. The Morgan fingerprint density at radius 3 is 1.67 bits per heavy atom. The first-order chi connectivity index (χ1) is 26.4. The van der Waals surface area contributed by atoms with Crippen LogP contribution in [0.25, 0.3) is 0 Å². The van der Waals surface area contributed by atoms with Gasteiger partial charge in [0.25, 0.3) is 0 Å². The van der Waals surface area contributed by atoms with Crippen LogP contribution in [-0.4, -0.2) is 89.6 Å². The molecule has 0 bridgehead atoms. The van der Waals surface area contributed by atoms with Gasteiger partial charge < -0.3 is 39.4 Å². The molecule has 54 heavy (non-hydrogen) atoms. The molecule has 1 aliphatic rings. The van der Waals surface area contributed by atoms with E-state index in [1.165, 1.54) is 96.3 Å². The minimum atomic E-state index is -1.54. The lowest BCUT2D eigenvalue weighted by molar-refractivity contribution is -0.305. The monoisotopic (exact) mass is 767 g/mol. The molecule has 1 rings (SSSR count). The van der Waals surface area contributed by atoms with Crippen molar-refractivity contribution in [1.82, 2.24) is 0 Å². The number of aliphatic hydroxyl groups excluding tert-OH is 4. The molecule has 1 fully saturated rings. The van der Waals surface area contributed by atoms with Gasteiger partial charge in [-0.3, -0.25) is 4.79 Å². The fourth-order valence-electron chi connectivity index (χ4n) is 6.50. The Bertz CT molecular complexity index is 921. The van der Waals surface area contributed by atoms with Crippen molar-refractivity contribution in [1.29, 1.82) is 0 Å². The fourth-order valence-corrected chi connectivity index (χ4v) is 6.50. The van der Waals surface area contributed by atoms with Gasteiger partial charge in [0, 0.05) is 13.0 Å². The second kappa shape index (κ2) is 37.0. The maximum Gasteiger partial charge on any atom is 0.306 e. The number of allylic oxidation sites excluding steroid dienone is 6. The molecular weight excluding hydrogens is 684 g/mol. The van der Waals surface area contributed by atoms with Gasteiger partial charge in [-0.05, 0) is 64.2 Å². The lowest BCUT2D eigenvalue weighted by Crippen LogP contribution is -2.59. The van der Waals surface area contributed by atoms with Crippen LogP contribution in [0.2, 0.25) is 0 Å². The average Bonchev–Trinajstić information content (AvgIpc) is 3.17. The molecule has 6 atom stereocenters. The summed E-state index contributed by atoms with van der Waals surface area (Å²) in [5, 5.41) is 40.0. The Kier molecular flexibility index (Phi) is 34.6. The normalized spacial score (nSPS) is 21.2. The van der Waals surface area contributed by atoms with Crippen LogP contribution in [-0.2, 0) is 23.7 Å². The molecule has 9 heteroatoms. The van der Waals surface area contributed by atoms with E-state index in [-0.39, 0.29) is 19.2 Å². The van der Waals surface area contributed by atoms with Gasteiger partial charge in [-0.25, -0.2) is 0 Å². The third-order valence-corrected chi connectivity index (χ3v) is 10.0. The minimum Gasteiger partial charge on any atom is -0.457 e. The topological polar surface area (TPSA) is 135 Å². The van der Waals surface area contributed by atoms with Crippen LogP contribution in [0.5, 0.6) is 0 Å². The van der Waals surface area contributed by atoms with Gasteiger partial charge in [0.05, 0.1) is 19.8 Å². The number of rotatable bonds is 37. The predicted molar refractivity (Wildman–Crippen MR) is 219 cm³/mol. The number of aliphatic hydroxyl groups is 4. The molecule has 0 aromatic carbocycles. The average molecular weight is 767 g/mol. The molecule has 0 spiro atoms. The summed E-state index contributed by atoms with van der Waals surface area (Å²) < 4.78 is 22.8. The van der Waals surface area contributed by atoms with Crippen LogP contribution in [0.1, 0.15) is 181 Å². The number of esters is 1. The smallest absolute Gasteiger partial charge is 0.306 e. The van der Waals surface area contributed by atoms with E-state index < -0.39 is 43.4 Å². The molecule has 0 amide bonds. The predicted octanol–water partition coefficient (Wildman–Crippen LogP) is 9.58. The van der Waals surface area contributed by atoms with Gasteiger partial charge in [-0.1, -0.05) is 147 Å². The molecular formula is C45H82O9. The van der Waals surface area contributed by atoms with Crippen LogP contribution in [0, 0.1) is 0 Å². The lowest BCUT2D eigenvalue weighted by Gasteiger charge is -2.39. The minimum absolute atomic E-state index is 0.117. The third-order valence-electron chi connectivity index (χ3n) is 10.0. The summed E-state index contributed by atoms with van der Waals surface area (Å²) in [6.45, 7) is 4.48. The van der Waals surface area contributed by atoms with E-state index in [2.05, 4.69) is 50.3 Å². The highest BCUT2D eigenvalue weighted by Crippen LogP contribution is 2.22. The summed E-state index contributed by atoms with van der Waals surface area (Å²) in [5.74, 6) is -0.326. The van der Waals surface area contributed by atoms with E-state index >= 15 is 0 Å². The number of ether oxygens (including phenoxy) is 4. The number of hydrogen-bond acceptors (Lipinski definition) is 9. The molecule has 0 radical (unpaired) electrons. The summed E-state index contributed by atoms with van der Waals surface area (Å²) >= 11 is 0. The number of unbranched alkanes of at least 4 members (excludes halogenated alkanes) is 20. The maximum atomic E-state index is 12.7. The van der Waals surface area contributed by atoms with E-state index in [4.69, 9.17) is 18.9 Å². The van der Waals surface area contributed by atoms with Gasteiger partial charge >= 0.3 is 5.97 Å². The Morgan fingerprint density at radius 1 is 0.593 bits per heavy atom. The second-order valence-electron chi connectivity index (χ2n) is 15.1. The van der Waals surface area contributed by atoms with Crippen LogP contribution < -0.4 is 0 Å². The number of hydrogen-bond donors (Lipinski definition) is 4. The molecule has 0 aliphatic carbocycles. The summed E-state index contributed by atoms with van der Waals surface area (Å²) in [7, 11) is 0. The Balaban J connectivity index is 2.24. The Labute approximate surface area is 330 Å². The Morgan fingerprint density at radius 2 is 1.09 bits per heavy atom. The van der Waals surface area contributed by atoms with E-state index in [0.717, 1.165) is 64.2 Å². The van der Waals surface area contributed by atoms with Crippen molar-refractivity contribution in [3.63, 3.8) is 0 Å². The molecule has 0 saturated carbocycles. The zero-order valence-electron chi connectivity index (χ0n) is 34.5. The quantitative estimate of drug-likeness (QED) is 0.0277.